The number of fused-ring (bicyclic) bond motifs is 1. The van der Waals surface area contributed by atoms with E-state index < -0.39 is 18.5 Å². The number of hydrogen-bond acceptors (Lipinski definition) is 5. The van der Waals surface area contributed by atoms with E-state index in [0.29, 0.717) is 40.3 Å². The lowest BCUT2D eigenvalue weighted by Crippen LogP contribution is -2.45. The number of nitrogens with zero attached hydrogens (tertiary/aromatic N) is 3. The van der Waals surface area contributed by atoms with Gasteiger partial charge in [0.05, 0.1) is 23.9 Å². The maximum atomic E-state index is 14.5. The van der Waals surface area contributed by atoms with E-state index in [0.717, 1.165) is 51.9 Å². The van der Waals surface area contributed by atoms with Crippen LogP contribution in [-0.4, -0.2) is 65.0 Å². The van der Waals surface area contributed by atoms with Crippen LogP contribution in [0.2, 0.25) is 0 Å². The lowest BCUT2D eigenvalue weighted by Gasteiger charge is -2.26. The van der Waals surface area contributed by atoms with Gasteiger partial charge in [0.1, 0.15) is 0 Å². The van der Waals surface area contributed by atoms with Crippen molar-refractivity contribution in [3.8, 4) is 5.88 Å². The molecule has 0 unspecified atom stereocenters. The van der Waals surface area contributed by atoms with Gasteiger partial charge in [0.15, 0.2) is 0 Å². The number of nitrogens with one attached hydrogen (secondary N) is 2. The molecule has 2 N–H and O–H groups in total. The molecule has 3 heterocycles. The molecule has 2 aromatic carbocycles. The Morgan fingerprint density at radius 3 is 2.46 bits per heavy atom. The van der Waals surface area contributed by atoms with Crippen LogP contribution in [0, 0.1) is 11.4 Å². The van der Waals surface area contributed by atoms with Crippen LogP contribution in [-0.2, 0) is 4.79 Å². The minimum Gasteiger partial charge on any atom is -0.477 e. The summed E-state index contributed by atoms with van der Waals surface area (Å²) in [5.74, 6) is -0.251. The highest BCUT2D eigenvalue weighted by molar-refractivity contribution is 6.00. The number of rotatable bonds is 11. The number of ether oxygens (including phenoxy) is 1. The summed E-state index contributed by atoms with van der Waals surface area (Å²) in [6.45, 7) is 3.53. The average Bonchev–Trinajstić information content (AvgIpc) is 3.75. The van der Waals surface area contributed by atoms with Gasteiger partial charge in [0, 0.05) is 49.4 Å². The van der Waals surface area contributed by atoms with Crippen molar-refractivity contribution in [1.82, 2.24) is 25.4 Å². The largest absolute Gasteiger partial charge is 0.477 e. The fourth-order valence-corrected chi connectivity index (χ4v) is 5.87. The van der Waals surface area contributed by atoms with Crippen LogP contribution in [0.15, 0.2) is 79.0 Å². The van der Waals surface area contributed by atoms with Crippen LogP contribution in [0.5, 0.6) is 5.88 Å². The van der Waals surface area contributed by atoms with Crippen LogP contribution < -0.4 is 10.1 Å². The number of amides is 1. The molecule has 1 amide bonds. The van der Waals surface area contributed by atoms with Gasteiger partial charge in [-0.3, -0.25) is 9.89 Å². The number of H-pyrrole nitrogens is 1. The summed E-state index contributed by atoms with van der Waals surface area (Å²) in [6, 6.07) is 16.5. The second kappa shape index (κ2) is 13.5. The van der Waals surface area contributed by atoms with Gasteiger partial charge < -0.3 is 15.0 Å². The van der Waals surface area contributed by atoms with Crippen molar-refractivity contribution >= 4 is 28.0 Å². The standard InChI is InChI=1S/C35H35F4N5O2/c36-33-27-20-25(9-11-29(27)42-43-33)32(28(21-35(37,38)39)24-6-2-1-3-7-24)26-10-12-30(41-22-26)46-23-34(14-15-34)13-5-4-8-31(45)44-18-16-40-17-19-44/h1-4,6-12,20,22,40H,5,13-19,21,23H2,(H,42,43)/b8-4+,32-28-. The molecular formula is C35H35F4N5O2. The van der Waals surface area contributed by atoms with Crippen molar-refractivity contribution in [2.24, 2.45) is 5.41 Å². The molecule has 6 rings (SSSR count). The molecule has 7 nitrogen and oxygen atoms in total. The van der Waals surface area contributed by atoms with Gasteiger partial charge in [-0.15, -0.1) is 0 Å². The molecule has 1 saturated carbocycles. The number of carbonyl (C=O) groups excluding carboxylic acids is 1. The zero-order chi connectivity index (χ0) is 32.1. The molecule has 0 radical (unpaired) electrons. The molecule has 1 aliphatic heterocycles. The summed E-state index contributed by atoms with van der Waals surface area (Å²) in [6.07, 6.45) is 3.10. The van der Waals surface area contributed by atoms with E-state index in [9.17, 15) is 22.4 Å². The van der Waals surface area contributed by atoms with Crippen LogP contribution in [0.4, 0.5) is 17.6 Å². The summed E-state index contributed by atoms with van der Waals surface area (Å²) in [4.78, 5) is 18.7. The highest BCUT2D eigenvalue weighted by Gasteiger charge is 2.42. The van der Waals surface area contributed by atoms with Gasteiger partial charge in [-0.2, -0.15) is 22.7 Å². The van der Waals surface area contributed by atoms with E-state index in [4.69, 9.17) is 4.74 Å². The lowest BCUT2D eigenvalue weighted by molar-refractivity contribution is -0.126. The number of hydrogen-bond donors (Lipinski definition) is 2. The third kappa shape index (κ3) is 7.64. The van der Waals surface area contributed by atoms with E-state index in [1.807, 2.05) is 11.0 Å². The minimum absolute atomic E-state index is 0.0190. The maximum Gasteiger partial charge on any atom is 0.393 e. The number of allylic oxidation sites excluding steroid dienone is 2. The first-order valence-corrected chi connectivity index (χ1v) is 15.4. The molecule has 0 spiro atoms. The Hall–Kier alpha value is -4.51. The number of alkyl halides is 3. The Morgan fingerprint density at radius 1 is 1.00 bits per heavy atom. The Labute approximate surface area is 264 Å². The summed E-state index contributed by atoms with van der Waals surface area (Å²) >= 11 is 0. The predicted octanol–water partition coefficient (Wildman–Crippen LogP) is 6.94. The second-order valence-electron chi connectivity index (χ2n) is 12.0. The molecule has 2 aromatic heterocycles. The van der Waals surface area contributed by atoms with E-state index in [2.05, 4.69) is 20.5 Å². The Bertz CT molecular complexity index is 1720. The molecular weight excluding hydrogens is 598 g/mol. The van der Waals surface area contributed by atoms with Gasteiger partial charge in [-0.25, -0.2) is 4.98 Å². The van der Waals surface area contributed by atoms with Gasteiger partial charge in [-0.05, 0) is 72.2 Å². The van der Waals surface area contributed by atoms with Crippen molar-refractivity contribution < 1.29 is 27.1 Å². The molecule has 4 aromatic rings. The molecule has 0 atom stereocenters. The third-order valence-corrected chi connectivity index (χ3v) is 8.64. The summed E-state index contributed by atoms with van der Waals surface area (Å²) in [7, 11) is 0. The quantitative estimate of drug-likeness (QED) is 0.106. The fraction of sp³-hybridized carbons (Fsp3) is 0.343. The highest BCUT2D eigenvalue weighted by atomic mass is 19.4. The number of carbonyl (C=O) groups is 1. The number of aromatic amines is 1. The highest BCUT2D eigenvalue weighted by Crippen LogP contribution is 2.50. The zero-order valence-corrected chi connectivity index (χ0v) is 25.2. The number of piperazine rings is 1. The van der Waals surface area contributed by atoms with E-state index in [1.54, 1.807) is 60.7 Å². The summed E-state index contributed by atoms with van der Waals surface area (Å²) < 4.78 is 62.5. The van der Waals surface area contributed by atoms with Crippen LogP contribution in [0.3, 0.4) is 0 Å². The van der Waals surface area contributed by atoms with Gasteiger partial charge in [0.2, 0.25) is 17.7 Å². The van der Waals surface area contributed by atoms with Crippen molar-refractivity contribution in [2.45, 2.75) is 38.3 Å². The zero-order valence-electron chi connectivity index (χ0n) is 25.2. The molecule has 11 heteroatoms. The molecule has 2 fully saturated rings. The number of aromatic nitrogens is 3. The predicted molar refractivity (Wildman–Crippen MR) is 168 cm³/mol. The fourth-order valence-electron chi connectivity index (χ4n) is 5.87. The van der Waals surface area contributed by atoms with Gasteiger partial charge in [0.25, 0.3) is 0 Å². The topological polar surface area (TPSA) is 83.1 Å². The monoisotopic (exact) mass is 633 g/mol. The third-order valence-electron chi connectivity index (χ3n) is 8.64. The van der Waals surface area contributed by atoms with E-state index >= 15 is 0 Å². The Kier molecular flexibility index (Phi) is 9.21. The molecule has 0 bridgehead atoms. The number of benzene rings is 2. The Morgan fingerprint density at radius 2 is 1.76 bits per heavy atom. The first kappa shape index (κ1) is 31.5. The van der Waals surface area contributed by atoms with Gasteiger partial charge in [-0.1, -0.05) is 42.5 Å². The average molecular weight is 634 g/mol. The van der Waals surface area contributed by atoms with E-state index in [-0.39, 0.29) is 22.3 Å². The molecule has 46 heavy (non-hydrogen) atoms. The first-order valence-electron chi connectivity index (χ1n) is 15.4. The maximum absolute atomic E-state index is 14.5. The van der Waals surface area contributed by atoms with Crippen molar-refractivity contribution in [2.75, 3.05) is 32.8 Å². The van der Waals surface area contributed by atoms with Crippen LogP contribution in [0.1, 0.15) is 48.8 Å². The van der Waals surface area contributed by atoms with Crippen LogP contribution >= 0.6 is 0 Å². The molecule has 240 valence electrons. The first-order chi connectivity index (χ1) is 22.2. The lowest BCUT2D eigenvalue weighted by atomic mass is 9.88. The van der Waals surface area contributed by atoms with Crippen LogP contribution in [0.25, 0.3) is 22.0 Å². The van der Waals surface area contributed by atoms with E-state index in [1.165, 1.54) is 12.3 Å². The normalized spacial score (nSPS) is 16.9. The number of pyridine rings is 1. The smallest absolute Gasteiger partial charge is 0.393 e. The summed E-state index contributed by atoms with van der Waals surface area (Å²) in [5, 5.41) is 9.62. The minimum atomic E-state index is -4.50. The van der Waals surface area contributed by atoms with Crippen molar-refractivity contribution in [3.63, 3.8) is 0 Å². The molecule has 1 saturated heterocycles. The van der Waals surface area contributed by atoms with Crippen molar-refractivity contribution in [3.05, 3.63) is 102 Å². The molecule has 2 aliphatic rings. The Balaban J connectivity index is 1.21. The summed E-state index contributed by atoms with van der Waals surface area (Å²) in [5.41, 5.74) is 1.99. The van der Waals surface area contributed by atoms with Gasteiger partial charge >= 0.3 is 6.18 Å². The number of halogens is 4. The SMILES string of the molecule is O=C(/C=C/CCC1(COc2ccc(/C(=C(/CC(F)(F)F)c3ccccc3)c3ccc4n[nH]c(F)c4c3)cn2)CC1)N1CCNCC1. The second-order valence-corrected chi connectivity index (χ2v) is 12.0. The molecule has 1 aliphatic carbocycles. The van der Waals surface area contributed by atoms with Crippen molar-refractivity contribution in [1.29, 1.82) is 0 Å².